The van der Waals surface area contributed by atoms with Crippen LogP contribution in [0, 0.1) is 0 Å². The van der Waals surface area contributed by atoms with E-state index >= 15 is 0 Å². The van der Waals surface area contributed by atoms with E-state index in [1.807, 2.05) is 0 Å². The number of carbonyl (C=O) groups excluding carboxylic acids is 2. The van der Waals surface area contributed by atoms with E-state index in [0.717, 1.165) is 6.92 Å². The second kappa shape index (κ2) is 6.80. The highest BCUT2D eigenvalue weighted by molar-refractivity contribution is 5.66. The lowest BCUT2D eigenvalue weighted by Gasteiger charge is -2.40. The first-order valence-corrected chi connectivity index (χ1v) is 5.71. The molecule has 19 heavy (non-hydrogen) atoms. The highest BCUT2D eigenvalue weighted by Crippen LogP contribution is 2.24. The molecule has 0 radical (unpaired) electrons. The van der Waals surface area contributed by atoms with Gasteiger partial charge in [0.15, 0.2) is 12.4 Å². The van der Waals surface area contributed by atoms with Crippen LogP contribution in [-0.2, 0) is 28.5 Å². The van der Waals surface area contributed by atoms with E-state index in [2.05, 4.69) is 0 Å². The average molecular weight is 278 g/mol. The molecule has 110 valence electrons. The fourth-order valence-electron chi connectivity index (χ4n) is 1.77. The standard InChI is InChI=1S/C11H18O8/c1-5(12)17-4-7-8(14)10(18-6(2)13)9(15)11(16-3)19-7/h7-11,14-15H,4H2,1-3H3/t7-,8-,9-,10+,11+/m1/s1. The number of hydrogen-bond donors (Lipinski definition) is 2. The topological polar surface area (TPSA) is 112 Å². The maximum atomic E-state index is 11.0. The zero-order chi connectivity index (χ0) is 14.6. The predicted octanol–water partition coefficient (Wildman–Crippen LogP) is -1.43. The van der Waals surface area contributed by atoms with Crippen LogP contribution in [0.3, 0.4) is 0 Å². The summed E-state index contributed by atoms with van der Waals surface area (Å²) in [7, 11) is 1.29. The van der Waals surface area contributed by atoms with Crippen LogP contribution in [0.15, 0.2) is 0 Å². The van der Waals surface area contributed by atoms with Crippen molar-refractivity contribution in [3.05, 3.63) is 0 Å². The van der Waals surface area contributed by atoms with Crippen molar-refractivity contribution in [1.82, 2.24) is 0 Å². The van der Waals surface area contributed by atoms with Gasteiger partial charge in [-0.1, -0.05) is 0 Å². The molecule has 5 atom stereocenters. The Morgan fingerprint density at radius 1 is 1.16 bits per heavy atom. The van der Waals surface area contributed by atoms with E-state index in [1.165, 1.54) is 14.0 Å². The van der Waals surface area contributed by atoms with Crippen LogP contribution in [0.1, 0.15) is 13.8 Å². The summed E-state index contributed by atoms with van der Waals surface area (Å²) < 4.78 is 19.7. The van der Waals surface area contributed by atoms with Gasteiger partial charge in [0.25, 0.3) is 0 Å². The van der Waals surface area contributed by atoms with Crippen molar-refractivity contribution in [2.75, 3.05) is 13.7 Å². The molecule has 0 aromatic carbocycles. The van der Waals surface area contributed by atoms with Crippen molar-refractivity contribution in [1.29, 1.82) is 0 Å². The molecular formula is C11H18O8. The molecule has 0 saturated carbocycles. The molecule has 1 aliphatic rings. The third kappa shape index (κ3) is 4.13. The minimum atomic E-state index is -1.34. The van der Waals surface area contributed by atoms with Crippen LogP contribution in [0.25, 0.3) is 0 Å². The molecule has 0 aliphatic carbocycles. The Morgan fingerprint density at radius 2 is 1.79 bits per heavy atom. The van der Waals surface area contributed by atoms with Gasteiger partial charge in [-0.05, 0) is 0 Å². The first-order valence-electron chi connectivity index (χ1n) is 5.71. The smallest absolute Gasteiger partial charge is 0.303 e. The van der Waals surface area contributed by atoms with Crippen molar-refractivity contribution in [3.63, 3.8) is 0 Å². The summed E-state index contributed by atoms with van der Waals surface area (Å²) in [4.78, 5) is 21.7. The molecular weight excluding hydrogens is 260 g/mol. The summed E-state index contributed by atoms with van der Waals surface area (Å²) in [6.45, 7) is 2.13. The first-order chi connectivity index (χ1) is 8.86. The Balaban J connectivity index is 2.77. The van der Waals surface area contributed by atoms with E-state index in [-0.39, 0.29) is 6.61 Å². The summed E-state index contributed by atoms with van der Waals surface area (Å²) in [6, 6.07) is 0. The Hall–Kier alpha value is -1.22. The van der Waals surface area contributed by atoms with Gasteiger partial charge < -0.3 is 29.2 Å². The monoisotopic (exact) mass is 278 g/mol. The van der Waals surface area contributed by atoms with Crippen molar-refractivity contribution in [2.45, 2.75) is 44.6 Å². The summed E-state index contributed by atoms with van der Waals surface area (Å²) in [5.41, 5.74) is 0. The summed E-state index contributed by atoms with van der Waals surface area (Å²) >= 11 is 0. The molecule has 0 aromatic rings. The minimum Gasteiger partial charge on any atom is -0.463 e. The second-order valence-corrected chi connectivity index (χ2v) is 4.14. The van der Waals surface area contributed by atoms with Crippen LogP contribution in [0.5, 0.6) is 0 Å². The number of methoxy groups -OCH3 is 1. The zero-order valence-electron chi connectivity index (χ0n) is 10.9. The van der Waals surface area contributed by atoms with Gasteiger partial charge in [0.2, 0.25) is 0 Å². The lowest BCUT2D eigenvalue weighted by molar-refractivity contribution is -0.297. The van der Waals surface area contributed by atoms with Crippen LogP contribution >= 0.6 is 0 Å². The molecule has 0 spiro atoms. The largest absolute Gasteiger partial charge is 0.463 e. The van der Waals surface area contributed by atoms with Crippen LogP contribution in [0.2, 0.25) is 0 Å². The van der Waals surface area contributed by atoms with Gasteiger partial charge >= 0.3 is 11.9 Å². The molecule has 1 fully saturated rings. The number of hydrogen-bond acceptors (Lipinski definition) is 8. The second-order valence-electron chi connectivity index (χ2n) is 4.14. The summed E-state index contributed by atoms with van der Waals surface area (Å²) in [5.74, 6) is -1.20. The number of aliphatic hydroxyl groups is 2. The van der Waals surface area contributed by atoms with E-state index in [9.17, 15) is 19.8 Å². The number of aliphatic hydroxyl groups excluding tert-OH is 2. The summed E-state index contributed by atoms with van der Waals surface area (Å²) in [5, 5.41) is 19.8. The lowest BCUT2D eigenvalue weighted by atomic mass is 9.99. The molecule has 1 aliphatic heterocycles. The number of esters is 2. The molecule has 8 nitrogen and oxygen atoms in total. The molecule has 0 bridgehead atoms. The quantitative estimate of drug-likeness (QED) is 0.602. The Labute approximate surface area is 110 Å². The molecule has 0 amide bonds. The Morgan fingerprint density at radius 3 is 2.26 bits per heavy atom. The molecule has 0 aromatic heterocycles. The number of carbonyl (C=O) groups is 2. The molecule has 0 unspecified atom stereocenters. The molecule has 1 rings (SSSR count). The van der Waals surface area contributed by atoms with Gasteiger partial charge in [0, 0.05) is 21.0 Å². The van der Waals surface area contributed by atoms with Gasteiger partial charge in [0.05, 0.1) is 0 Å². The van der Waals surface area contributed by atoms with Crippen LogP contribution in [0.4, 0.5) is 0 Å². The SMILES string of the molecule is CO[C@H]1O[C@H](COC(C)=O)[C@@H](O)[C@H](OC(C)=O)[C@H]1O. The van der Waals surface area contributed by atoms with E-state index in [4.69, 9.17) is 18.9 Å². The maximum Gasteiger partial charge on any atom is 0.303 e. The maximum absolute atomic E-state index is 11.0. The number of ether oxygens (including phenoxy) is 4. The van der Waals surface area contributed by atoms with Gasteiger partial charge in [0.1, 0.15) is 24.9 Å². The highest BCUT2D eigenvalue weighted by Gasteiger charge is 2.47. The van der Waals surface area contributed by atoms with Gasteiger partial charge in [-0.2, -0.15) is 0 Å². The number of rotatable bonds is 4. The van der Waals surface area contributed by atoms with Crippen molar-refractivity contribution in [2.24, 2.45) is 0 Å². The minimum absolute atomic E-state index is 0.235. The zero-order valence-corrected chi connectivity index (χ0v) is 10.9. The van der Waals surface area contributed by atoms with Crippen molar-refractivity contribution >= 4 is 11.9 Å². The Bertz CT molecular complexity index is 331. The average Bonchev–Trinajstić information content (AvgIpc) is 2.33. The third-order valence-corrected chi connectivity index (χ3v) is 2.63. The summed E-state index contributed by atoms with van der Waals surface area (Å²) in [6.07, 6.45) is -5.92. The lowest BCUT2D eigenvalue weighted by Crippen LogP contribution is -2.60. The van der Waals surface area contributed by atoms with Crippen LogP contribution in [-0.4, -0.2) is 66.6 Å². The van der Waals surface area contributed by atoms with E-state index in [1.54, 1.807) is 0 Å². The Kier molecular flexibility index (Phi) is 5.67. The van der Waals surface area contributed by atoms with Crippen molar-refractivity contribution < 1.29 is 38.7 Å². The molecule has 1 heterocycles. The first kappa shape index (κ1) is 15.8. The normalized spacial score (nSPS) is 34.7. The molecule has 1 saturated heterocycles. The molecule has 8 heteroatoms. The molecule has 2 N–H and O–H groups in total. The van der Waals surface area contributed by atoms with E-state index < -0.39 is 42.6 Å². The van der Waals surface area contributed by atoms with Gasteiger partial charge in [-0.3, -0.25) is 9.59 Å². The fraction of sp³-hybridized carbons (Fsp3) is 0.818. The third-order valence-electron chi connectivity index (χ3n) is 2.63. The van der Waals surface area contributed by atoms with Crippen molar-refractivity contribution in [3.8, 4) is 0 Å². The van der Waals surface area contributed by atoms with E-state index in [0.29, 0.717) is 0 Å². The fourth-order valence-corrected chi connectivity index (χ4v) is 1.77. The van der Waals surface area contributed by atoms with Gasteiger partial charge in [-0.25, -0.2) is 0 Å². The van der Waals surface area contributed by atoms with Crippen LogP contribution < -0.4 is 0 Å². The highest BCUT2D eigenvalue weighted by atomic mass is 16.7. The van der Waals surface area contributed by atoms with Gasteiger partial charge in [-0.15, -0.1) is 0 Å². The predicted molar refractivity (Wildman–Crippen MR) is 59.9 cm³/mol.